The Kier molecular flexibility index (Phi) is 16.6. The summed E-state index contributed by atoms with van der Waals surface area (Å²) in [5.74, 6) is 0. The molecule has 0 fully saturated rings. The van der Waals surface area contributed by atoms with Crippen LogP contribution in [0.4, 0.5) is 22.7 Å². The van der Waals surface area contributed by atoms with Crippen LogP contribution in [0.5, 0.6) is 0 Å². The molecule has 0 radical (unpaired) electrons. The van der Waals surface area contributed by atoms with Gasteiger partial charge in [-0.2, -0.15) is 0 Å². The summed E-state index contributed by atoms with van der Waals surface area (Å²) >= 11 is 0. The van der Waals surface area contributed by atoms with Crippen molar-refractivity contribution in [1.82, 2.24) is 0 Å². The summed E-state index contributed by atoms with van der Waals surface area (Å²) in [5, 5.41) is 0. The van der Waals surface area contributed by atoms with Crippen molar-refractivity contribution in [2.75, 3.05) is 104 Å². The van der Waals surface area contributed by atoms with E-state index >= 15 is 0 Å². The molecule has 0 aliphatic heterocycles. The first kappa shape index (κ1) is 47.4. The van der Waals surface area contributed by atoms with Gasteiger partial charge >= 0.3 is 0 Å². The van der Waals surface area contributed by atoms with Crippen molar-refractivity contribution < 1.29 is 26.7 Å². The zero-order valence-electron chi connectivity index (χ0n) is 37.6. The molecule has 2 aliphatic carbocycles. The summed E-state index contributed by atoms with van der Waals surface area (Å²) in [7, 11) is 19.7. The average Bonchev–Trinajstić information content (AvgIpc) is 3.22. The van der Waals surface area contributed by atoms with E-state index in [0.29, 0.717) is 0 Å². The second kappa shape index (κ2) is 21.3. The van der Waals surface area contributed by atoms with Gasteiger partial charge in [-0.25, -0.2) is 9.15 Å². The molecule has 0 aromatic heterocycles. The van der Waals surface area contributed by atoms with Crippen molar-refractivity contribution in [3.8, 4) is 0 Å². The quantitative estimate of drug-likeness (QED) is 0.102. The molecule has 320 valence electrons. The number of nitrogens with zero attached hydrogens (tertiary/aromatic N) is 6. The van der Waals surface area contributed by atoms with Gasteiger partial charge in [0.15, 0.2) is 11.4 Å². The Labute approximate surface area is 364 Å². The maximum absolute atomic E-state index is 8.52. The van der Waals surface area contributed by atoms with Crippen molar-refractivity contribution in [2.45, 2.75) is 0 Å². The van der Waals surface area contributed by atoms with E-state index in [4.69, 9.17) is 17.5 Å². The van der Waals surface area contributed by atoms with Crippen molar-refractivity contribution in [3.63, 3.8) is 0 Å². The van der Waals surface area contributed by atoms with E-state index in [2.05, 4.69) is 259 Å². The zero-order valence-corrected chi connectivity index (χ0v) is 38.4. The van der Waals surface area contributed by atoms with Crippen molar-refractivity contribution in [2.24, 2.45) is 0 Å². The molecule has 6 rings (SSSR count). The fourth-order valence-electron chi connectivity index (χ4n) is 6.56. The topological polar surface area (TPSA) is 99.2 Å². The Hall–Kier alpha value is -6.27. The smallest absolute Gasteiger partial charge is 0.199 e. The van der Waals surface area contributed by atoms with Crippen molar-refractivity contribution in [1.29, 1.82) is 0 Å². The molecule has 0 N–H and O–H groups in total. The van der Waals surface area contributed by atoms with Gasteiger partial charge in [-0.05, 0) is 117 Å². The van der Waals surface area contributed by atoms with Gasteiger partial charge in [-0.1, -0.05) is 48.5 Å². The van der Waals surface area contributed by atoms with Crippen LogP contribution >= 0.6 is 0 Å². The Morgan fingerprint density at radius 3 is 0.705 bits per heavy atom. The monoisotopic (exact) mass is 840 g/mol. The molecule has 4 aromatic rings. The predicted octanol–water partition coefficient (Wildman–Crippen LogP) is 7.58. The molecule has 10 nitrogen and oxygen atoms in total. The van der Waals surface area contributed by atoms with Crippen LogP contribution in [-0.2, 0) is 10.4 Å². The van der Waals surface area contributed by atoms with Crippen LogP contribution < -0.4 is 19.6 Å². The van der Waals surface area contributed by atoms with E-state index in [0.717, 1.165) is 0 Å². The highest BCUT2D eigenvalue weighted by Crippen LogP contribution is 2.33. The lowest BCUT2D eigenvalue weighted by molar-refractivity contribution is -0.462. The Balaban J connectivity index is 0.000000242. The molecule has 0 saturated heterocycles. The molecule has 61 heavy (non-hydrogen) atoms. The number of rotatable bonds is 8. The summed E-state index contributed by atoms with van der Waals surface area (Å²) < 4.78 is 38.3. The molecule has 11 heteroatoms. The number of anilines is 4. The van der Waals surface area contributed by atoms with Crippen LogP contribution in [0.15, 0.2) is 157 Å². The number of hydrogen-bond acceptors (Lipinski definition) is 8. The molecule has 0 saturated carbocycles. The van der Waals surface area contributed by atoms with E-state index in [1.165, 1.54) is 78.7 Å². The van der Waals surface area contributed by atoms with Crippen LogP contribution in [0.25, 0.3) is 11.1 Å². The molecule has 0 atom stereocenters. The third-order valence-corrected chi connectivity index (χ3v) is 10.0. The van der Waals surface area contributed by atoms with E-state index in [-0.39, 0.29) is 0 Å². The normalized spacial score (nSPS) is 12.8. The van der Waals surface area contributed by atoms with Crippen LogP contribution in [0.2, 0.25) is 0 Å². The van der Waals surface area contributed by atoms with Gasteiger partial charge in [0.2, 0.25) is 0 Å². The first-order valence-corrected chi connectivity index (χ1v) is 21.1. The van der Waals surface area contributed by atoms with E-state index in [1.54, 1.807) is 0 Å². The fraction of sp³-hybridized carbons (Fsp3) is 0.240. The van der Waals surface area contributed by atoms with Gasteiger partial charge in [0.1, 0.15) is 28.2 Å². The second-order valence-electron chi connectivity index (χ2n) is 15.8. The summed E-state index contributed by atoms with van der Waals surface area (Å²) in [5.41, 5.74) is 17.1. The van der Waals surface area contributed by atoms with E-state index < -0.39 is 10.4 Å². The summed E-state index contributed by atoms with van der Waals surface area (Å²) in [6.45, 7) is 0. The lowest BCUT2D eigenvalue weighted by Crippen LogP contribution is -2.10. The number of hydrogen-bond donors (Lipinski definition) is 0. The lowest BCUT2D eigenvalue weighted by Gasteiger charge is -2.18. The molecular weight excluding hydrogens is 781 g/mol. The first-order valence-electron chi connectivity index (χ1n) is 19.8. The van der Waals surface area contributed by atoms with Gasteiger partial charge in [-0.15, -0.1) is 0 Å². The SMILES string of the molecule is CN(C)c1ccc(C(=C2C=CC(=[N+](C)C)C=C2)c2ccc(N(C)C)cc2)cc1.CN(C)c1ccc(C(=C2C=CC(=[N+](C)C)C=C2)c2ccc(N(C)C)cc2)cc1.O=S(=O)([O-])[O-]. The number of benzene rings is 4. The summed E-state index contributed by atoms with van der Waals surface area (Å²) in [4.78, 5) is 8.50. The summed E-state index contributed by atoms with van der Waals surface area (Å²) in [6.07, 6.45) is 17.6. The molecule has 0 unspecified atom stereocenters. The fourth-order valence-corrected chi connectivity index (χ4v) is 6.56. The Morgan fingerprint density at radius 2 is 0.557 bits per heavy atom. The average molecular weight is 841 g/mol. The highest BCUT2D eigenvalue weighted by Gasteiger charge is 2.15. The van der Waals surface area contributed by atoms with Gasteiger partial charge in [0.25, 0.3) is 0 Å². The largest absolute Gasteiger partial charge is 0.759 e. The minimum absolute atomic E-state index is 1.20. The lowest BCUT2D eigenvalue weighted by atomic mass is 9.90. The number of allylic oxidation sites excluding steroid dienone is 10. The molecule has 2 aliphatic rings. The van der Waals surface area contributed by atoms with Gasteiger partial charge in [-0.3, -0.25) is 8.42 Å². The van der Waals surface area contributed by atoms with Gasteiger partial charge < -0.3 is 28.7 Å². The van der Waals surface area contributed by atoms with E-state index in [1.807, 2.05) is 0 Å². The van der Waals surface area contributed by atoms with Gasteiger partial charge in [0, 0.05) is 114 Å². The van der Waals surface area contributed by atoms with Crippen LogP contribution in [0.3, 0.4) is 0 Å². The third kappa shape index (κ3) is 13.9. The molecule has 0 bridgehead atoms. The first-order chi connectivity index (χ1) is 28.7. The Morgan fingerprint density at radius 1 is 0.377 bits per heavy atom. The third-order valence-electron chi connectivity index (χ3n) is 10.0. The Bertz CT molecular complexity index is 2180. The van der Waals surface area contributed by atoms with Crippen molar-refractivity contribution >= 4 is 55.7 Å². The molecular formula is C50H60N6O4S. The maximum atomic E-state index is 8.52. The predicted molar refractivity (Wildman–Crippen MR) is 256 cm³/mol. The molecule has 0 amide bonds. The van der Waals surface area contributed by atoms with Crippen molar-refractivity contribution in [3.05, 3.63) is 179 Å². The highest BCUT2D eigenvalue weighted by molar-refractivity contribution is 7.79. The van der Waals surface area contributed by atoms with Crippen LogP contribution in [0.1, 0.15) is 22.3 Å². The minimum Gasteiger partial charge on any atom is -0.759 e. The minimum atomic E-state index is -5.17. The van der Waals surface area contributed by atoms with Crippen LogP contribution in [-0.4, -0.2) is 123 Å². The highest BCUT2D eigenvalue weighted by atomic mass is 32.3. The summed E-state index contributed by atoms with van der Waals surface area (Å²) in [6, 6.07) is 35.1. The van der Waals surface area contributed by atoms with Gasteiger partial charge in [0.05, 0.1) is 0 Å². The standard InChI is InChI=1S/2C25H30N3.H2O4S/c2*1-26(2)22-13-7-19(8-14-22)25(20-9-15-23(16-10-20)27(3)4)21-11-17-24(18-12-21)28(5)6;1-5(2,3)4/h2*7-18H,1-6H3;(H2,1,2,3,4)/q2*+1;/p-2. The maximum Gasteiger partial charge on any atom is 0.199 e. The zero-order chi connectivity index (χ0) is 45.0. The van der Waals surface area contributed by atoms with Crippen LogP contribution in [0, 0.1) is 0 Å². The van der Waals surface area contributed by atoms with E-state index in [9.17, 15) is 0 Å². The molecule has 0 heterocycles. The second-order valence-corrected chi connectivity index (χ2v) is 16.6. The molecule has 0 spiro atoms. The molecule has 4 aromatic carbocycles.